The molecule has 0 bridgehead atoms. The molecule has 2 heteroatoms. The van der Waals surface area contributed by atoms with Crippen LogP contribution in [0.3, 0.4) is 0 Å². The van der Waals surface area contributed by atoms with E-state index in [0.717, 1.165) is 6.42 Å². The minimum absolute atomic E-state index is 0.468. The van der Waals surface area contributed by atoms with Gasteiger partial charge in [-0.2, -0.15) is 0 Å². The highest BCUT2D eigenvalue weighted by Crippen LogP contribution is 2.03. The molecule has 2 nitrogen and oxygen atoms in total. The predicted octanol–water partition coefficient (Wildman–Crippen LogP) is 2.33. The van der Waals surface area contributed by atoms with Crippen LogP contribution in [0.1, 0.15) is 39.0 Å². The van der Waals surface area contributed by atoms with E-state index in [1.54, 1.807) is 0 Å². The fourth-order valence-corrected chi connectivity index (χ4v) is 0.906. The van der Waals surface area contributed by atoms with Gasteiger partial charge in [-0.1, -0.05) is 32.6 Å². The van der Waals surface area contributed by atoms with Crippen molar-refractivity contribution in [3.05, 3.63) is 6.42 Å². The molecule has 0 saturated carbocycles. The zero-order valence-corrected chi connectivity index (χ0v) is 7.21. The first-order valence-electron chi connectivity index (χ1n) is 4.28. The van der Waals surface area contributed by atoms with Gasteiger partial charge in [-0.05, 0) is 12.8 Å². The SMILES string of the molecule is CCCCCC[CH]COC=O. The van der Waals surface area contributed by atoms with Crippen molar-refractivity contribution in [3.63, 3.8) is 0 Å². The third-order valence-electron chi connectivity index (χ3n) is 1.54. The van der Waals surface area contributed by atoms with Gasteiger partial charge in [0.1, 0.15) is 0 Å². The summed E-state index contributed by atoms with van der Waals surface area (Å²) in [6, 6.07) is 0. The van der Waals surface area contributed by atoms with Crippen LogP contribution in [0, 0.1) is 6.42 Å². The molecule has 0 aliphatic carbocycles. The Kier molecular flexibility index (Phi) is 9.01. The van der Waals surface area contributed by atoms with E-state index in [1.165, 1.54) is 25.7 Å². The molecule has 65 valence electrons. The van der Waals surface area contributed by atoms with Crippen LogP contribution in [-0.2, 0) is 9.53 Å². The molecular formula is C9H17O2. The zero-order valence-electron chi connectivity index (χ0n) is 7.21. The van der Waals surface area contributed by atoms with Crippen LogP contribution in [0.5, 0.6) is 0 Å². The van der Waals surface area contributed by atoms with Gasteiger partial charge in [0.05, 0.1) is 6.61 Å². The van der Waals surface area contributed by atoms with Gasteiger partial charge in [0.25, 0.3) is 6.47 Å². The van der Waals surface area contributed by atoms with Crippen LogP contribution in [0.4, 0.5) is 0 Å². The topological polar surface area (TPSA) is 26.3 Å². The lowest BCUT2D eigenvalue weighted by Crippen LogP contribution is -1.92. The molecule has 0 aromatic heterocycles. The maximum atomic E-state index is 9.70. The lowest BCUT2D eigenvalue weighted by molar-refractivity contribution is -0.127. The van der Waals surface area contributed by atoms with E-state index in [0.29, 0.717) is 13.1 Å². The van der Waals surface area contributed by atoms with E-state index in [-0.39, 0.29) is 0 Å². The van der Waals surface area contributed by atoms with E-state index < -0.39 is 0 Å². The molecule has 0 aliphatic heterocycles. The Hall–Kier alpha value is -0.530. The maximum absolute atomic E-state index is 9.70. The maximum Gasteiger partial charge on any atom is 0.293 e. The molecule has 0 aromatic rings. The van der Waals surface area contributed by atoms with Gasteiger partial charge in [0.15, 0.2) is 0 Å². The molecule has 0 saturated heterocycles. The molecule has 11 heavy (non-hydrogen) atoms. The summed E-state index contributed by atoms with van der Waals surface area (Å²) in [6.45, 7) is 3.15. The lowest BCUT2D eigenvalue weighted by Gasteiger charge is -1.98. The summed E-state index contributed by atoms with van der Waals surface area (Å²) >= 11 is 0. The van der Waals surface area contributed by atoms with E-state index >= 15 is 0 Å². The Labute approximate surface area is 68.9 Å². The summed E-state index contributed by atoms with van der Waals surface area (Å²) in [5, 5.41) is 0. The third-order valence-corrected chi connectivity index (χ3v) is 1.54. The summed E-state index contributed by atoms with van der Waals surface area (Å²) < 4.78 is 4.50. The highest BCUT2D eigenvalue weighted by Gasteiger charge is 1.89. The van der Waals surface area contributed by atoms with Crippen molar-refractivity contribution in [1.29, 1.82) is 0 Å². The first kappa shape index (κ1) is 10.5. The van der Waals surface area contributed by atoms with Gasteiger partial charge in [-0.25, -0.2) is 0 Å². The molecule has 0 rings (SSSR count). The van der Waals surface area contributed by atoms with E-state index in [4.69, 9.17) is 0 Å². The largest absolute Gasteiger partial charge is 0.468 e. The minimum atomic E-state index is 0.468. The van der Waals surface area contributed by atoms with Crippen LogP contribution < -0.4 is 0 Å². The molecule has 0 aromatic carbocycles. The Balaban J connectivity index is 2.74. The number of unbranched alkanes of at least 4 members (excludes halogenated alkanes) is 5. The minimum Gasteiger partial charge on any atom is -0.468 e. The predicted molar refractivity (Wildman–Crippen MR) is 45.1 cm³/mol. The summed E-state index contributed by atoms with van der Waals surface area (Å²) in [6.07, 6.45) is 8.15. The fraction of sp³-hybridized carbons (Fsp3) is 0.778. The number of carbonyl (C=O) groups is 1. The van der Waals surface area contributed by atoms with Crippen LogP contribution in [0.15, 0.2) is 0 Å². The van der Waals surface area contributed by atoms with Gasteiger partial charge in [0.2, 0.25) is 0 Å². The summed E-state index contributed by atoms with van der Waals surface area (Å²) in [5.74, 6) is 0. The number of carbonyl (C=O) groups excluding carboxylic acids is 1. The van der Waals surface area contributed by atoms with Crippen molar-refractivity contribution in [3.8, 4) is 0 Å². The average Bonchev–Trinajstić information content (AvgIpc) is 2.03. The fourth-order valence-electron chi connectivity index (χ4n) is 0.906. The van der Waals surface area contributed by atoms with Crippen LogP contribution in [0.25, 0.3) is 0 Å². The molecule has 0 N–H and O–H groups in total. The van der Waals surface area contributed by atoms with Crippen molar-refractivity contribution in [2.45, 2.75) is 39.0 Å². The van der Waals surface area contributed by atoms with Gasteiger partial charge >= 0.3 is 0 Å². The monoisotopic (exact) mass is 157 g/mol. The van der Waals surface area contributed by atoms with Gasteiger partial charge in [0, 0.05) is 0 Å². The van der Waals surface area contributed by atoms with Crippen LogP contribution >= 0.6 is 0 Å². The molecular weight excluding hydrogens is 140 g/mol. The second-order valence-corrected chi connectivity index (χ2v) is 2.57. The smallest absolute Gasteiger partial charge is 0.293 e. The van der Waals surface area contributed by atoms with E-state index in [9.17, 15) is 4.79 Å². The Morgan fingerprint density at radius 1 is 1.27 bits per heavy atom. The first-order chi connectivity index (χ1) is 5.41. The second-order valence-electron chi connectivity index (χ2n) is 2.57. The highest BCUT2D eigenvalue weighted by molar-refractivity contribution is 5.37. The summed E-state index contributed by atoms with van der Waals surface area (Å²) in [7, 11) is 0. The third kappa shape index (κ3) is 9.47. The Bertz CT molecular complexity index is 81.6. The van der Waals surface area contributed by atoms with Gasteiger partial charge in [-0.3, -0.25) is 4.79 Å². The van der Waals surface area contributed by atoms with Crippen molar-refractivity contribution >= 4 is 6.47 Å². The summed E-state index contributed by atoms with van der Waals surface area (Å²) in [5.41, 5.74) is 0. The van der Waals surface area contributed by atoms with Crippen molar-refractivity contribution in [1.82, 2.24) is 0 Å². The molecule has 0 amide bonds. The highest BCUT2D eigenvalue weighted by atomic mass is 16.5. The number of ether oxygens (including phenoxy) is 1. The van der Waals surface area contributed by atoms with Gasteiger partial charge < -0.3 is 4.74 Å². The van der Waals surface area contributed by atoms with E-state index in [1.807, 2.05) is 6.42 Å². The standard InChI is InChI=1S/C9H17O2/c1-2-3-4-5-6-7-8-11-9-10/h7,9H,2-6,8H2,1H3. The van der Waals surface area contributed by atoms with Crippen molar-refractivity contribution in [2.75, 3.05) is 6.61 Å². The molecule has 0 heterocycles. The number of hydrogen-bond donors (Lipinski definition) is 0. The molecule has 0 spiro atoms. The molecule has 1 radical (unpaired) electrons. The number of rotatable bonds is 8. The van der Waals surface area contributed by atoms with E-state index in [2.05, 4.69) is 11.7 Å². The Morgan fingerprint density at radius 2 is 2.09 bits per heavy atom. The van der Waals surface area contributed by atoms with Crippen LogP contribution in [0.2, 0.25) is 0 Å². The van der Waals surface area contributed by atoms with Crippen LogP contribution in [-0.4, -0.2) is 13.1 Å². The molecule has 0 aliphatic rings. The summed E-state index contributed by atoms with van der Waals surface area (Å²) in [4.78, 5) is 9.70. The molecule has 0 fully saturated rings. The number of hydrogen-bond acceptors (Lipinski definition) is 2. The quantitative estimate of drug-likeness (QED) is 0.399. The first-order valence-corrected chi connectivity index (χ1v) is 4.28. The van der Waals surface area contributed by atoms with Crippen molar-refractivity contribution in [2.24, 2.45) is 0 Å². The second kappa shape index (κ2) is 9.47. The Morgan fingerprint density at radius 3 is 2.73 bits per heavy atom. The zero-order chi connectivity index (χ0) is 8.36. The average molecular weight is 157 g/mol. The van der Waals surface area contributed by atoms with Gasteiger partial charge in [-0.15, -0.1) is 0 Å². The normalized spacial score (nSPS) is 9.55. The molecule has 0 atom stereocenters. The molecule has 0 unspecified atom stereocenters. The lowest BCUT2D eigenvalue weighted by atomic mass is 10.1. The van der Waals surface area contributed by atoms with Crippen molar-refractivity contribution < 1.29 is 9.53 Å².